The molecule has 2 bridgehead atoms. The number of likely N-dealkylation sites (tertiary alicyclic amines) is 1. The van der Waals surface area contributed by atoms with Gasteiger partial charge in [0.15, 0.2) is 17.2 Å². The third kappa shape index (κ3) is 5.41. The minimum Gasteiger partial charge on any atom is -0.493 e. The molecule has 0 unspecified atom stereocenters. The summed E-state index contributed by atoms with van der Waals surface area (Å²) in [7, 11) is 1.57. The van der Waals surface area contributed by atoms with Crippen molar-refractivity contribution >= 4 is 28.6 Å². The van der Waals surface area contributed by atoms with Gasteiger partial charge in [0, 0.05) is 49.1 Å². The van der Waals surface area contributed by atoms with Crippen molar-refractivity contribution in [1.29, 1.82) is 0 Å². The normalized spacial score (nSPS) is 19.5. The number of methoxy groups -OCH3 is 1. The van der Waals surface area contributed by atoms with Crippen LogP contribution in [0, 0.1) is 12.8 Å². The van der Waals surface area contributed by atoms with Crippen LogP contribution in [0.4, 0.5) is 0 Å². The van der Waals surface area contributed by atoms with Crippen LogP contribution < -0.4 is 14.8 Å². The Morgan fingerprint density at radius 3 is 2.62 bits per heavy atom. The van der Waals surface area contributed by atoms with Crippen molar-refractivity contribution in [2.75, 3.05) is 46.4 Å². The number of carbonyl (C=O) groups is 3. The molecule has 6 rings (SSSR count). The van der Waals surface area contributed by atoms with E-state index >= 15 is 0 Å². The molecule has 42 heavy (non-hydrogen) atoms. The Balaban J connectivity index is 1.25. The van der Waals surface area contributed by atoms with Crippen LogP contribution in [-0.2, 0) is 4.79 Å². The van der Waals surface area contributed by atoms with E-state index in [1.54, 1.807) is 29.9 Å². The molecule has 2 aromatic heterocycles. The van der Waals surface area contributed by atoms with Gasteiger partial charge in [-0.3, -0.25) is 14.4 Å². The number of hydrogen-bond acceptors (Lipinski definition) is 7. The molecule has 1 fully saturated rings. The van der Waals surface area contributed by atoms with E-state index in [9.17, 15) is 14.4 Å². The number of rotatable bonds is 3. The molecule has 11 nitrogen and oxygen atoms in total. The number of para-hydroxylation sites is 1. The fourth-order valence-corrected chi connectivity index (χ4v) is 5.79. The van der Waals surface area contributed by atoms with Gasteiger partial charge < -0.3 is 34.1 Å². The number of nitrogens with one attached hydrogen (secondary N) is 2. The molecule has 2 aliphatic heterocycles. The molecular weight excluding hydrogens is 538 g/mol. The second-order valence-corrected chi connectivity index (χ2v) is 10.7. The summed E-state index contributed by atoms with van der Waals surface area (Å²) in [5.41, 5.74) is 2.48. The van der Waals surface area contributed by atoms with Gasteiger partial charge in [0.25, 0.3) is 11.8 Å². The third-order valence-corrected chi connectivity index (χ3v) is 7.98. The van der Waals surface area contributed by atoms with E-state index in [2.05, 4.69) is 15.5 Å². The lowest BCUT2D eigenvalue weighted by Gasteiger charge is -2.25. The monoisotopic (exact) mass is 571 g/mol. The van der Waals surface area contributed by atoms with E-state index in [4.69, 9.17) is 14.0 Å². The van der Waals surface area contributed by atoms with Gasteiger partial charge in [0.1, 0.15) is 18.1 Å². The topological polar surface area (TPSA) is 130 Å². The molecule has 0 spiro atoms. The van der Waals surface area contributed by atoms with E-state index < -0.39 is 5.92 Å². The number of carbonyl (C=O) groups excluding carboxylic acids is 3. The molecule has 3 amide bonds. The Morgan fingerprint density at radius 2 is 1.83 bits per heavy atom. The quantitative estimate of drug-likeness (QED) is 0.386. The van der Waals surface area contributed by atoms with Crippen LogP contribution in [0.15, 0.2) is 59.1 Å². The van der Waals surface area contributed by atoms with Crippen molar-refractivity contribution in [2.45, 2.75) is 19.3 Å². The molecule has 2 atom stereocenters. The number of aromatic nitrogens is 2. The number of hydrogen-bond donors (Lipinski definition) is 2. The molecule has 0 radical (unpaired) electrons. The molecule has 0 aliphatic carbocycles. The predicted octanol–water partition coefficient (Wildman–Crippen LogP) is 3.37. The minimum atomic E-state index is -0.477. The van der Waals surface area contributed by atoms with Crippen LogP contribution in [0.3, 0.4) is 0 Å². The molecule has 4 aromatic rings. The Labute approximate surface area is 242 Å². The number of nitrogens with zero attached hydrogens (tertiary/aromatic N) is 3. The van der Waals surface area contributed by atoms with E-state index in [0.29, 0.717) is 55.6 Å². The summed E-state index contributed by atoms with van der Waals surface area (Å²) in [6.45, 7) is 3.75. The first-order valence-corrected chi connectivity index (χ1v) is 14.1. The molecule has 2 N–H and O–H groups in total. The number of ether oxygens (including phenoxy) is 2. The highest BCUT2D eigenvalue weighted by Gasteiger charge is 2.41. The molecule has 2 aromatic carbocycles. The van der Waals surface area contributed by atoms with Gasteiger partial charge in [-0.25, -0.2) is 0 Å². The van der Waals surface area contributed by atoms with Crippen molar-refractivity contribution in [1.82, 2.24) is 25.3 Å². The summed E-state index contributed by atoms with van der Waals surface area (Å²) in [5, 5.41) is 7.89. The average Bonchev–Trinajstić information content (AvgIpc) is 3.75. The van der Waals surface area contributed by atoms with E-state index in [-0.39, 0.29) is 42.5 Å². The van der Waals surface area contributed by atoms with Gasteiger partial charge in [-0.2, -0.15) is 0 Å². The van der Waals surface area contributed by atoms with Crippen LogP contribution in [0.1, 0.15) is 44.6 Å². The predicted molar refractivity (Wildman–Crippen MR) is 154 cm³/mol. The highest BCUT2D eigenvalue weighted by Crippen LogP contribution is 2.38. The summed E-state index contributed by atoms with van der Waals surface area (Å²) in [6.07, 6.45) is 0.560. The largest absolute Gasteiger partial charge is 0.493 e. The Morgan fingerprint density at radius 1 is 1.00 bits per heavy atom. The second kappa shape index (κ2) is 11.6. The lowest BCUT2D eigenvalue weighted by Crippen LogP contribution is -2.39. The van der Waals surface area contributed by atoms with Crippen LogP contribution >= 0.6 is 0 Å². The summed E-state index contributed by atoms with van der Waals surface area (Å²) >= 11 is 0. The minimum absolute atomic E-state index is 0.137. The van der Waals surface area contributed by atoms with Crippen molar-refractivity contribution in [3.05, 3.63) is 77.3 Å². The number of aryl methyl sites for hydroxylation is 1. The highest BCUT2D eigenvalue weighted by atomic mass is 16.5. The lowest BCUT2D eigenvalue weighted by molar-refractivity contribution is -0.124. The van der Waals surface area contributed by atoms with Crippen LogP contribution in [-0.4, -0.2) is 84.1 Å². The first-order chi connectivity index (χ1) is 20.4. The number of aromatic amines is 1. The van der Waals surface area contributed by atoms with Crippen molar-refractivity contribution in [3.8, 4) is 11.5 Å². The second-order valence-electron chi connectivity index (χ2n) is 10.7. The molecule has 2 aliphatic rings. The zero-order chi connectivity index (χ0) is 29.2. The fraction of sp³-hybridized carbons (Fsp3) is 0.355. The first kappa shape index (κ1) is 27.4. The maximum Gasteiger partial charge on any atom is 0.276 e. The van der Waals surface area contributed by atoms with Gasteiger partial charge in [-0.1, -0.05) is 29.4 Å². The maximum absolute atomic E-state index is 13.5. The average molecular weight is 572 g/mol. The molecule has 0 saturated carbocycles. The van der Waals surface area contributed by atoms with Gasteiger partial charge in [0.2, 0.25) is 5.91 Å². The Bertz CT molecular complexity index is 1590. The van der Waals surface area contributed by atoms with E-state index in [1.165, 1.54) is 0 Å². The zero-order valence-corrected chi connectivity index (χ0v) is 23.6. The number of benzene rings is 2. The molecule has 11 heteroatoms. The first-order valence-electron chi connectivity index (χ1n) is 14.1. The SMILES string of the molecule is COc1ccc2cc1OCCN(C(=O)c1cc3ccccc3[nH]1)CCCNC(=O)[C@H]1CN(C(=O)c3cc(C)on3)C[C@H]21. The lowest BCUT2D eigenvalue weighted by atomic mass is 9.88. The summed E-state index contributed by atoms with van der Waals surface area (Å²) in [4.78, 5) is 46.8. The summed E-state index contributed by atoms with van der Waals surface area (Å²) < 4.78 is 16.8. The number of amides is 3. The number of H-pyrrole nitrogens is 1. The summed E-state index contributed by atoms with van der Waals surface area (Å²) in [5.74, 6) is 0.320. The molecule has 1 saturated heterocycles. The van der Waals surface area contributed by atoms with Crippen LogP contribution in [0.5, 0.6) is 11.5 Å². The number of fused-ring (bicyclic) bond motifs is 5. The Hall–Kier alpha value is -4.80. The smallest absolute Gasteiger partial charge is 0.276 e. The van der Waals surface area contributed by atoms with Crippen molar-refractivity contribution < 1.29 is 28.4 Å². The van der Waals surface area contributed by atoms with E-state index in [0.717, 1.165) is 16.5 Å². The third-order valence-electron chi connectivity index (χ3n) is 7.98. The fourth-order valence-electron chi connectivity index (χ4n) is 5.79. The molecular formula is C31H33N5O6. The maximum atomic E-state index is 13.5. The Kier molecular flexibility index (Phi) is 7.56. The van der Waals surface area contributed by atoms with Gasteiger partial charge in [-0.05, 0) is 43.2 Å². The van der Waals surface area contributed by atoms with Crippen molar-refractivity contribution in [3.63, 3.8) is 0 Å². The molecule has 218 valence electrons. The van der Waals surface area contributed by atoms with E-state index in [1.807, 2.05) is 48.5 Å². The van der Waals surface area contributed by atoms with Gasteiger partial charge >= 0.3 is 0 Å². The van der Waals surface area contributed by atoms with Gasteiger partial charge in [-0.15, -0.1) is 0 Å². The zero-order valence-electron chi connectivity index (χ0n) is 23.6. The van der Waals surface area contributed by atoms with Crippen LogP contribution in [0.2, 0.25) is 0 Å². The van der Waals surface area contributed by atoms with Crippen LogP contribution in [0.25, 0.3) is 10.9 Å². The molecule has 4 heterocycles. The van der Waals surface area contributed by atoms with Crippen molar-refractivity contribution in [2.24, 2.45) is 5.92 Å². The highest BCUT2D eigenvalue weighted by molar-refractivity contribution is 5.98. The summed E-state index contributed by atoms with van der Waals surface area (Å²) in [6, 6.07) is 16.8. The standard InChI is InChI=1S/C31H33N5O6/c1-19-14-26(34-42-19)31(39)36-17-22-20-8-9-27(40-2)28(16-20)41-13-12-35(11-5-10-32-29(37)23(22)18-36)30(38)25-15-21-6-3-4-7-24(21)33-25/h3-4,6-9,14-16,22-23,33H,5,10-13,17-18H2,1-2H3,(H,32,37)/t22-,23+/m1/s1. The van der Waals surface area contributed by atoms with Gasteiger partial charge in [0.05, 0.1) is 19.6 Å².